The molecular formula is C23H29IN6O. The van der Waals surface area contributed by atoms with E-state index in [2.05, 4.69) is 69.5 Å². The van der Waals surface area contributed by atoms with Gasteiger partial charge in [0.15, 0.2) is 5.96 Å². The molecule has 0 aliphatic carbocycles. The van der Waals surface area contributed by atoms with Crippen LogP contribution in [0.3, 0.4) is 0 Å². The number of aryl methyl sites for hydroxylation is 2. The largest absolute Gasteiger partial charge is 0.370 e. The van der Waals surface area contributed by atoms with E-state index in [9.17, 15) is 0 Å². The number of guanidine groups is 1. The number of hydrogen-bond donors (Lipinski definition) is 1. The van der Waals surface area contributed by atoms with Crippen molar-refractivity contribution in [2.24, 2.45) is 4.99 Å². The van der Waals surface area contributed by atoms with E-state index in [0.29, 0.717) is 13.2 Å². The molecule has 0 saturated carbocycles. The third-order valence-corrected chi connectivity index (χ3v) is 5.42. The van der Waals surface area contributed by atoms with Crippen LogP contribution in [0.2, 0.25) is 0 Å². The predicted molar refractivity (Wildman–Crippen MR) is 133 cm³/mol. The van der Waals surface area contributed by atoms with Gasteiger partial charge in [0.25, 0.3) is 0 Å². The van der Waals surface area contributed by atoms with E-state index in [4.69, 9.17) is 4.74 Å². The van der Waals surface area contributed by atoms with Crippen LogP contribution in [0.15, 0.2) is 60.1 Å². The molecule has 1 aliphatic rings. The average Bonchev–Trinajstić information content (AvgIpc) is 3.30. The highest BCUT2D eigenvalue weighted by atomic mass is 127. The van der Waals surface area contributed by atoms with E-state index in [1.54, 1.807) is 11.0 Å². The van der Waals surface area contributed by atoms with E-state index in [1.807, 2.05) is 19.2 Å². The van der Waals surface area contributed by atoms with Gasteiger partial charge in [0.1, 0.15) is 18.8 Å². The molecule has 2 heterocycles. The summed E-state index contributed by atoms with van der Waals surface area (Å²) in [5, 5.41) is 7.65. The molecule has 8 heteroatoms. The summed E-state index contributed by atoms with van der Waals surface area (Å²) in [4.78, 5) is 10.8. The van der Waals surface area contributed by atoms with Crippen LogP contribution in [0.4, 0.5) is 0 Å². The lowest BCUT2D eigenvalue weighted by molar-refractivity contribution is -0.00834. The van der Waals surface area contributed by atoms with Gasteiger partial charge in [-0.15, -0.1) is 24.0 Å². The number of rotatable bonds is 4. The lowest BCUT2D eigenvalue weighted by Gasteiger charge is -2.36. The molecule has 0 bridgehead atoms. The number of nitrogens with one attached hydrogen (secondary N) is 1. The summed E-state index contributed by atoms with van der Waals surface area (Å²) in [6, 6.07) is 14.8. The highest BCUT2D eigenvalue weighted by molar-refractivity contribution is 14.0. The summed E-state index contributed by atoms with van der Waals surface area (Å²) in [5.74, 6) is 0.897. The van der Waals surface area contributed by atoms with E-state index in [-0.39, 0.29) is 30.1 Å². The van der Waals surface area contributed by atoms with Gasteiger partial charge in [-0.25, -0.2) is 9.67 Å². The van der Waals surface area contributed by atoms with Crippen molar-refractivity contribution in [3.63, 3.8) is 0 Å². The molecule has 164 valence electrons. The second kappa shape index (κ2) is 10.7. The molecule has 0 amide bonds. The van der Waals surface area contributed by atoms with Crippen LogP contribution < -0.4 is 5.32 Å². The topological polar surface area (TPSA) is 67.6 Å². The third kappa shape index (κ3) is 5.62. The maximum atomic E-state index is 6.08. The molecular weight excluding hydrogens is 503 g/mol. The van der Waals surface area contributed by atoms with Crippen molar-refractivity contribution < 1.29 is 4.74 Å². The molecule has 2 aromatic carbocycles. The second-order valence-electron chi connectivity index (χ2n) is 7.57. The summed E-state index contributed by atoms with van der Waals surface area (Å²) >= 11 is 0. The Hall–Kier alpha value is -2.46. The predicted octanol–water partition coefficient (Wildman–Crippen LogP) is 3.65. The lowest BCUT2D eigenvalue weighted by atomic mass is 10.00. The van der Waals surface area contributed by atoms with Gasteiger partial charge in [-0.05, 0) is 42.7 Å². The van der Waals surface area contributed by atoms with Crippen LogP contribution in [-0.4, -0.2) is 52.4 Å². The Bertz CT molecular complexity index is 1000. The van der Waals surface area contributed by atoms with E-state index in [0.717, 1.165) is 24.7 Å². The van der Waals surface area contributed by atoms with E-state index >= 15 is 0 Å². The molecule has 1 unspecified atom stereocenters. The van der Waals surface area contributed by atoms with Crippen LogP contribution in [0.25, 0.3) is 5.69 Å². The zero-order valence-corrected chi connectivity index (χ0v) is 20.5. The van der Waals surface area contributed by atoms with Crippen LogP contribution in [0.1, 0.15) is 28.4 Å². The number of hydrogen-bond acceptors (Lipinski definition) is 4. The number of aromatic nitrogens is 3. The van der Waals surface area contributed by atoms with Gasteiger partial charge >= 0.3 is 0 Å². The minimum Gasteiger partial charge on any atom is -0.370 e. The summed E-state index contributed by atoms with van der Waals surface area (Å²) < 4.78 is 7.83. The summed E-state index contributed by atoms with van der Waals surface area (Å²) in [7, 11) is 1.83. The molecule has 0 radical (unpaired) electrons. The zero-order valence-electron chi connectivity index (χ0n) is 18.2. The molecule has 3 aromatic rings. The fourth-order valence-corrected chi connectivity index (χ4v) is 3.84. The van der Waals surface area contributed by atoms with Crippen molar-refractivity contribution in [2.45, 2.75) is 26.5 Å². The van der Waals surface area contributed by atoms with Crippen molar-refractivity contribution in [1.29, 1.82) is 0 Å². The molecule has 31 heavy (non-hydrogen) atoms. The van der Waals surface area contributed by atoms with Crippen molar-refractivity contribution in [3.8, 4) is 5.69 Å². The number of halogens is 1. The van der Waals surface area contributed by atoms with Gasteiger partial charge in [-0.1, -0.05) is 35.9 Å². The Labute approximate surface area is 200 Å². The fourth-order valence-electron chi connectivity index (χ4n) is 3.84. The normalized spacial score (nSPS) is 16.7. The van der Waals surface area contributed by atoms with Gasteiger partial charge in [-0.3, -0.25) is 4.99 Å². The Morgan fingerprint density at radius 2 is 2.00 bits per heavy atom. The molecule has 1 saturated heterocycles. The van der Waals surface area contributed by atoms with Crippen molar-refractivity contribution in [3.05, 3.63) is 77.4 Å². The maximum Gasteiger partial charge on any atom is 0.194 e. The molecule has 1 fully saturated rings. The lowest BCUT2D eigenvalue weighted by Crippen LogP contribution is -2.48. The SMILES string of the molecule is CN=C(NCc1ccc(-n2cncn2)cc1)N1CCOC(c2ccc(C)cc2C)C1.I. The van der Waals surface area contributed by atoms with Gasteiger partial charge in [0.05, 0.1) is 18.8 Å². The van der Waals surface area contributed by atoms with Crippen LogP contribution >= 0.6 is 24.0 Å². The van der Waals surface area contributed by atoms with E-state index < -0.39 is 0 Å². The quantitative estimate of drug-likeness (QED) is 0.316. The van der Waals surface area contributed by atoms with E-state index in [1.165, 1.54) is 28.6 Å². The number of aliphatic imine (C=N–C) groups is 1. The number of morpholine rings is 1. The number of benzene rings is 2. The van der Waals surface area contributed by atoms with Gasteiger partial charge in [0, 0.05) is 20.1 Å². The van der Waals surface area contributed by atoms with Crippen molar-refractivity contribution in [2.75, 3.05) is 26.7 Å². The zero-order chi connectivity index (χ0) is 20.9. The Kier molecular flexibility index (Phi) is 8.03. The van der Waals surface area contributed by atoms with Crippen LogP contribution in [-0.2, 0) is 11.3 Å². The van der Waals surface area contributed by atoms with Crippen LogP contribution in [0, 0.1) is 13.8 Å². The van der Waals surface area contributed by atoms with Crippen molar-refractivity contribution in [1.82, 2.24) is 25.0 Å². The van der Waals surface area contributed by atoms with Crippen molar-refractivity contribution >= 4 is 29.9 Å². The first-order valence-electron chi connectivity index (χ1n) is 10.2. The van der Waals surface area contributed by atoms with Gasteiger partial charge in [-0.2, -0.15) is 5.10 Å². The Morgan fingerprint density at radius 3 is 2.68 bits per heavy atom. The number of nitrogens with zero attached hydrogens (tertiary/aromatic N) is 5. The highest BCUT2D eigenvalue weighted by Crippen LogP contribution is 2.26. The highest BCUT2D eigenvalue weighted by Gasteiger charge is 2.25. The first-order chi connectivity index (χ1) is 14.6. The summed E-state index contributed by atoms with van der Waals surface area (Å²) in [5.41, 5.74) is 5.97. The first kappa shape index (κ1) is 23.2. The number of ether oxygens (including phenoxy) is 1. The molecule has 1 aliphatic heterocycles. The van der Waals surface area contributed by atoms with Gasteiger partial charge in [0.2, 0.25) is 0 Å². The smallest absolute Gasteiger partial charge is 0.194 e. The molecule has 4 rings (SSSR count). The maximum absolute atomic E-state index is 6.08. The second-order valence-corrected chi connectivity index (χ2v) is 7.57. The van der Waals surface area contributed by atoms with Crippen LogP contribution in [0.5, 0.6) is 0 Å². The third-order valence-electron chi connectivity index (χ3n) is 5.42. The minimum atomic E-state index is 0. The fraction of sp³-hybridized carbons (Fsp3) is 0.348. The summed E-state index contributed by atoms with van der Waals surface area (Å²) in [6.45, 7) is 7.28. The Balaban J connectivity index is 0.00000272. The Morgan fingerprint density at radius 1 is 1.19 bits per heavy atom. The van der Waals surface area contributed by atoms with Gasteiger partial charge < -0.3 is 15.0 Å². The monoisotopic (exact) mass is 532 g/mol. The molecule has 7 nitrogen and oxygen atoms in total. The average molecular weight is 532 g/mol. The standard InChI is InChI=1S/C23H28N6O.HI/c1-17-4-9-21(18(2)12-17)22-14-28(10-11-30-22)23(24-3)26-13-19-5-7-20(8-6-19)29-16-25-15-27-29;/h4-9,12,15-16,22H,10-11,13-14H2,1-3H3,(H,24,26);1H. The first-order valence-corrected chi connectivity index (χ1v) is 10.2. The molecule has 1 aromatic heterocycles. The molecule has 1 atom stereocenters. The molecule has 1 N–H and O–H groups in total. The summed E-state index contributed by atoms with van der Waals surface area (Å²) in [6.07, 6.45) is 3.28. The minimum absolute atomic E-state index is 0. The molecule has 0 spiro atoms.